The predicted molar refractivity (Wildman–Crippen MR) is 65.1 cm³/mol. The average molecular weight is 264 g/mol. The second-order valence-electron chi connectivity index (χ2n) is 4.44. The summed E-state index contributed by atoms with van der Waals surface area (Å²) in [6.45, 7) is 7.28. The molecule has 4 unspecified atom stereocenters. The number of esters is 1. The first-order valence-electron chi connectivity index (χ1n) is 6.08. The van der Waals surface area contributed by atoms with Crippen LogP contribution in [-0.2, 0) is 19.0 Å². The number of ether oxygens (including phenoxy) is 3. The molecule has 2 N–H and O–H groups in total. The van der Waals surface area contributed by atoms with Gasteiger partial charge in [-0.25, -0.2) is 4.79 Å². The van der Waals surface area contributed by atoms with Crippen LogP contribution in [0.5, 0.6) is 0 Å². The van der Waals surface area contributed by atoms with Crippen LogP contribution < -0.4 is 0 Å². The van der Waals surface area contributed by atoms with Gasteiger partial charge in [-0.1, -0.05) is 0 Å². The number of aliphatic hydroxyl groups is 2. The minimum atomic E-state index is -1.12. The molecule has 0 aromatic heterocycles. The smallest absolute Gasteiger partial charge is 0.334 e. The molecule has 0 aromatic rings. The van der Waals surface area contributed by atoms with Crippen molar-refractivity contribution in [1.29, 1.82) is 0 Å². The Balaban J connectivity index is 3.63. The van der Waals surface area contributed by atoms with Gasteiger partial charge in [-0.15, -0.1) is 0 Å². The molecular weight excluding hydrogens is 240 g/mol. The van der Waals surface area contributed by atoms with Gasteiger partial charge in [0.05, 0.1) is 31.5 Å². The van der Waals surface area contributed by atoms with E-state index in [1.165, 1.54) is 6.92 Å². The second-order valence-corrected chi connectivity index (χ2v) is 4.44. The number of hydrogen-bond acceptors (Lipinski definition) is 6. The molecule has 0 aliphatic rings. The normalized spacial score (nSPS) is 17.9. The average Bonchev–Trinajstić information content (AvgIpc) is 2.30. The molecule has 0 aliphatic carbocycles. The fourth-order valence-electron chi connectivity index (χ4n) is 1.02. The van der Waals surface area contributed by atoms with Crippen molar-refractivity contribution in [2.75, 3.05) is 19.8 Å². The third kappa shape index (κ3) is 9.35. The van der Waals surface area contributed by atoms with Crippen LogP contribution in [0.4, 0.5) is 0 Å². The maximum Gasteiger partial charge on any atom is 0.334 e. The summed E-state index contributed by atoms with van der Waals surface area (Å²) >= 11 is 0. The van der Waals surface area contributed by atoms with Crippen LogP contribution in [0, 0.1) is 0 Å². The highest BCUT2D eigenvalue weighted by Crippen LogP contribution is 1.99. The Morgan fingerprint density at radius 3 is 1.94 bits per heavy atom. The van der Waals surface area contributed by atoms with E-state index in [9.17, 15) is 4.79 Å². The first-order chi connectivity index (χ1) is 8.32. The zero-order valence-electron chi connectivity index (χ0n) is 11.5. The number of aliphatic hydroxyl groups excluding tert-OH is 2. The molecule has 6 nitrogen and oxygen atoms in total. The summed E-state index contributed by atoms with van der Waals surface area (Å²) in [5.74, 6) is -0.663. The lowest BCUT2D eigenvalue weighted by atomic mass is 10.4. The van der Waals surface area contributed by atoms with Crippen molar-refractivity contribution < 1.29 is 29.2 Å². The molecule has 0 fully saturated rings. The van der Waals surface area contributed by atoms with Crippen molar-refractivity contribution >= 4 is 5.97 Å². The van der Waals surface area contributed by atoms with Gasteiger partial charge < -0.3 is 24.4 Å². The molecule has 6 heteroatoms. The fraction of sp³-hybridized carbons (Fsp3) is 0.917. The van der Waals surface area contributed by atoms with E-state index >= 15 is 0 Å². The standard InChI is InChI=1S/C12H24O6/c1-8(13)5-16-9(2)6-17-10(3)7-18-12(15)11(4)14/h8-11,13-14H,5-7H2,1-4H3. The van der Waals surface area contributed by atoms with E-state index in [0.717, 1.165) is 0 Å². The molecule has 0 aliphatic heterocycles. The van der Waals surface area contributed by atoms with Crippen molar-refractivity contribution in [3.8, 4) is 0 Å². The molecular formula is C12H24O6. The van der Waals surface area contributed by atoms with Crippen molar-refractivity contribution in [3.63, 3.8) is 0 Å². The minimum Gasteiger partial charge on any atom is -0.461 e. The van der Waals surface area contributed by atoms with E-state index in [1.807, 2.05) is 6.92 Å². The number of rotatable bonds is 9. The van der Waals surface area contributed by atoms with E-state index in [4.69, 9.17) is 24.4 Å². The minimum absolute atomic E-state index is 0.0901. The summed E-state index contributed by atoms with van der Waals surface area (Å²) in [6.07, 6.45) is -2.04. The molecule has 0 bridgehead atoms. The van der Waals surface area contributed by atoms with Gasteiger partial charge in [-0.2, -0.15) is 0 Å². The van der Waals surface area contributed by atoms with Gasteiger partial charge in [0.1, 0.15) is 12.7 Å². The Kier molecular flexibility index (Phi) is 8.91. The third-order valence-electron chi connectivity index (χ3n) is 2.04. The number of carbonyl (C=O) groups is 1. The van der Waals surface area contributed by atoms with Crippen molar-refractivity contribution in [2.24, 2.45) is 0 Å². The molecule has 18 heavy (non-hydrogen) atoms. The first kappa shape index (κ1) is 17.3. The van der Waals surface area contributed by atoms with Gasteiger partial charge in [0.25, 0.3) is 0 Å². The molecule has 0 saturated carbocycles. The van der Waals surface area contributed by atoms with Crippen molar-refractivity contribution in [1.82, 2.24) is 0 Å². The quantitative estimate of drug-likeness (QED) is 0.575. The maximum atomic E-state index is 11.0. The predicted octanol–water partition coefficient (Wildman–Crippen LogP) is 0.101. The highest BCUT2D eigenvalue weighted by atomic mass is 16.6. The molecule has 4 atom stereocenters. The summed E-state index contributed by atoms with van der Waals surface area (Å²) in [7, 11) is 0. The monoisotopic (exact) mass is 264 g/mol. The molecule has 0 radical (unpaired) electrons. The van der Waals surface area contributed by atoms with Crippen LogP contribution in [0.3, 0.4) is 0 Å². The van der Waals surface area contributed by atoms with E-state index in [2.05, 4.69) is 0 Å². The van der Waals surface area contributed by atoms with Gasteiger partial charge in [0.2, 0.25) is 0 Å². The van der Waals surface area contributed by atoms with Crippen LogP contribution >= 0.6 is 0 Å². The number of carbonyl (C=O) groups excluding carboxylic acids is 1. The molecule has 0 saturated heterocycles. The molecule has 0 heterocycles. The van der Waals surface area contributed by atoms with Gasteiger partial charge in [-0.3, -0.25) is 0 Å². The first-order valence-corrected chi connectivity index (χ1v) is 6.08. The van der Waals surface area contributed by atoms with E-state index in [1.54, 1.807) is 13.8 Å². The SMILES string of the molecule is CC(O)COC(C)COC(C)COC(=O)C(C)O. The third-order valence-corrected chi connectivity index (χ3v) is 2.04. The highest BCUT2D eigenvalue weighted by Gasteiger charge is 2.13. The summed E-state index contributed by atoms with van der Waals surface area (Å²) < 4.78 is 15.5. The molecule has 108 valence electrons. The van der Waals surface area contributed by atoms with Gasteiger partial charge in [0, 0.05) is 0 Å². The van der Waals surface area contributed by atoms with Crippen LogP contribution in [0.25, 0.3) is 0 Å². The van der Waals surface area contributed by atoms with Gasteiger partial charge in [0.15, 0.2) is 0 Å². The topological polar surface area (TPSA) is 85.2 Å². The Morgan fingerprint density at radius 2 is 1.44 bits per heavy atom. The van der Waals surface area contributed by atoms with E-state index < -0.39 is 18.2 Å². The summed E-state index contributed by atoms with van der Waals surface area (Å²) in [5.41, 5.74) is 0. The fourth-order valence-corrected chi connectivity index (χ4v) is 1.02. The zero-order valence-corrected chi connectivity index (χ0v) is 11.5. The Bertz CT molecular complexity index is 229. The van der Waals surface area contributed by atoms with Crippen LogP contribution in [0.2, 0.25) is 0 Å². The van der Waals surface area contributed by atoms with Crippen LogP contribution in [0.1, 0.15) is 27.7 Å². The lowest BCUT2D eigenvalue weighted by Crippen LogP contribution is -2.28. The van der Waals surface area contributed by atoms with Crippen molar-refractivity contribution in [3.05, 3.63) is 0 Å². The maximum absolute atomic E-state index is 11.0. The number of hydrogen-bond donors (Lipinski definition) is 2. The van der Waals surface area contributed by atoms with Crippen LogP contribution in [-0.4, -0.2) is 60.4 Å². The summed E-state index contributed by atoms with van der Waals surface area (Å²) in [4.78, 5) is 11.0. The Labute approximate surface area is 108 Å². The lowest BCUT2D eigenvalue weighted by Gasteiger charge is -2.18. The van der Waals surface area contributed by atoms with Gasteiger partial charge in [-0.05, 0) is 27.7 Å². The Morgan fingerprint density at radius 1 is 0.944 bits per heavy atom. The lowest BCUT2D eigenvalue weighted by molar-refractivity contribution is -0.157. The molecule has 0 rings (SSSR count). The molecule has 0 spiro atoms. The largest absolute Gasteiger partial charge is 0.461 e. The zero-order chi connectivity index (χ0) is 14.1. The molecule has 0 amide bonds. The van der Waals surface area contributed by atoms with E-state index in [-0.39, 0.29) is 25.4 Å². The second kappa shape index (κ2) is 9.27. The highest BCUT2D eigenvalue weighted by molar-refractivity contribution is 5.73. The van der Waals surface area contributed by atoms with E-state index in [0.29, 0.717) is 6.61 Å². The van der Waals surface area contributed by atoms with Crippen molar-refractivity contribution in [2.45, 2.75) is 52.1 Å². The molecule has 0 aromatic carbocycles. The summed E-state index contributed by atoms with van der Waals surface area (Å²) in [5, 5.41) is 17.9. The van der Waals surface area contributed by atoms with Gasteiger partial charge >= 0.3 is 5.97 Å². The summed E-state index contributed by atoms with van der Waals surface area (Å²) in [6, 6.07) is 0. The van der Waals surface area contributed by atoms with Crippen LogP contribution in [0.15, 0.2) is 0 Å². The Hall–Kier alpha value is -0.690.